The number of ether oxygens (including phenoxy) is 1. The summed E-state index contributed by atoms with van der Waals surface area (Å²) in [5.41, 5.74) is 3.62. The van der Waals surface area contributed by atoms with E-state index in [1.165, 1.54) is 6.07 Å². The van der Waals surface area contributed by atoms with Gasteiger partial charge in [0.1, 0.15) is 23.9 Å². The van der Waals surface area contributed by atoms with E-state index in [9.17, 15) is 9.18 Å². The summed E-state index contributed by atoms with van der Waals surface area (Å²) in [6.07, 6.45) is 0. The van der Waals surface area contributed by atoms with Crippen LogP contribution in [0.1, 0.15) is 38.5 Å². The van der Waals surface area contributed by atoms with E-state index in [1.54, 1.807) is 26.0 Å². The highest BCUT2D eigenvalue weighted by Gasteiger charge is 2.21. The molecule has 1 aromatic heterocycles. The Morgan fingerprint density at radius 1 is 1.11 bits per heavy atom. The first-order valence-corrected chi connectivity index (χ1v) is 8.58. The number of rotatable bonds is 5. The highest BCUT2D eigenvalue weighted by molar-refractivity contribution is 6.03. The summed E-state index contributed by atoms with van der Waals surface area (Å²) in [4.78, 5) is 12.6. The Balaban J connectivity index is 1.78. The average molecular weight is 368 g/mol. The lowest BCUT2D eigenvalue weighted by Gasteiger charge is -2.10. The minimum atomic E-state index is -0.477. The van der Waals surface area contributed by atoms with Crippen molar-refractivity contribution in [2.75, 3.05) is 5.32 Å². The Hall–Kier alpha value is -3.15. The highest BCUT2D eigenvalue weighted by atomic mass is 19.1. The smallest absolute Gasteiger partial charge is 0.278 e. The predicted octanol–water partition coefficient (Wildman–Crippen LogP) is 4.88. The van der Waals surface area contributed by atoms with Crippen molar-refractivity contribution in [3.63, 3.8) is 0 Å². The topological polar surface area (TPSA) is 64.4 Å². The molecule has 0 fully saturated rings. The maximum atomic E-state index is 13.7. The lowest BCUT2D eigenvalue weighted by Crippen LogP contribution is -2.15. The van der Waals surface area contributed by atoms with E-state index in [0.717, 1.165) is 16.9 Å². The summed E-state index contributed by atoms with van der Waals surface area (Å²) >= 11 is 0. The second-order valence-corrected chi connectivity index (χ2v) is 6.54. The standard InChI is InChI=1S/C21H21FN2O3/c1-12-5-6-14(3)19(9-12)26-11-17-15(4)27-24-20(17)21(25)23-16-8-7-13(2)18(22)10-16/h5-10H,11H2,1-4H3,(H,23,25). The number of halogens is 1. The van der Waals surface area contributed by atoms with Crippen molar-refractivity contribution >= 4 is 11.6 Å². The summed E-state index contributed by atoms with van der Waals surface area (Å²) in [5.74, 6) is 0.375. The molecule has 0 spiro atoms. The Morgan fingerprint density at radius 2 is 1.85 bits per heavy atom. The highest BCUT2D eigenvalue weighted by Crippen LogP contribution is 2.23. The second-order valence-electron chi connectivity index (χ2n) is 6.54. The van der Waals surface area contributed by atoms with Crippen LogP contribution in [-0.4, -0.2) is 11.1 Å². The fourth-order valence-electron chi connectivity index (χ4n) is 2.61. The van der Waals surface area contributed by atoms with Gasteiger partial charge in [0.05, 0.1) is 5.56 Å². The van der Waals surface area contributed by atoms with Crippen molar-refractivity contribution in [3.05, 3.63) is 75.9 Å². The SMILES string of the molecule is Cc1ccc(C)c(OCc2c(C(=O)Nc3ccc(C)c(F)c3)noc2C)c1. The third-order valence-corrected chi connectivity index (χ3v) is 4.35. The van der Waals surface area contributed by atoms with Crippen LogP contribution in [0.3, 0.4) is 0 Å². The Kier molecular flexibility index (Phi) is 5.26. The molecule has 0 aliphatic heterocycles. The molecule has 0 saturated heterocycles. The molecular formula is C21H21FN2O3. The van der Waals surface area contributed by atoms with E-state index in [2.05, 4.69) is 10.5 Å². The van der Waals surface area contributed by atoms with Crippen LogP contribution in [0.2, 0.25) is 0 Å². The number of nitrogens with zero attached hydrogens (tertiary/aromatic N) is 1. The number of aromatic nitrogens is 1. The van der Waals surface area contributed by atoms with Crippen LogP contribution in [0.5, 0.6) is 5.75 Å². The molecular weight excluding hydrogens is 347 g/mol. The molecule has 0 aliphatic rings. The monoisotopic (exact) mass is 368 g/mol. The van der Waals surface area contributed by atoms with Gasteiger partial charge in [0.25, 0.3) is 5.91 Å². The maximum absolute atomic E-state index is 13.7. The zero-order valence-corrected chi connectivity index (χ0v) is 15.7. The maximum Gasteiger partial charge on any atom is 0.278 e. The number of hydrogen-bond donors (Lipinski definition) is 1. The largest absolute Gasteiger partial charge is 0.488 e. The average Bonchev–Trinajstić information content (AvgIpc) is 3.00. The van der Waals surface area contributed by atoms with Gasteiger partial charge in [-0.1, -0.05) is 23.4 Å². The van der Waals surface area contributed by atoms with Crippen molar-refractivity contribution in [3.8, 4) is 5.75 Å². The van der Waals surface area contributed by atoms with E-state index in [0.29, 0.717) is 22.6 Å². The number of benzene rings is 2. The van der Waals surface area contributed by atoms with Crippen LogP contribution in [-0.2, 0) is 6.61 Å². The zero-order valence-electron chi connectivity index (χ0n) is 15.7. The fourth-order valence-corrected chi connectivity index (χ4v) is 2.61. The van der Waals surface area contributed by atoms with E-state index in [1.807, 2.05) is 32.0 Å². The molecule has 0 aliphatic carbocycles. The molecule has 2 aromatic carbocycles. The lowest BCUT2D eigenvalue weighted by atomic mass is 10.1. The quantitative estimate of drug-likeness (QED) is 0.697. The predicted molar refractivity (Wildman–Crippen MR) is 101 cm³/mol. The summed E-state index contributed by atoms with van der Waals surface area (Å²) in [6, 6.07) is 10.4. The molecule has 0 bridgehead atoms. The van der Waals surface area contributed by atoms with Gasteiger partial charge in [-0.25, -0.2) is 4.39 Å². The van der Waals surface area contributed by atoms with Gasteiger partial charge in [-0.05, 0) is 62.6 Å². The summed E-state index contributed by atoms with van der Waals surface area (Å²) in [5, 5.41) is 6.48. The molecule has 5 nitrogen and oxygen atoms in total. The molecule has 1 amide bonds. The second kappa shape index (κ2) is 7.61. The van der Waals surface area contributed by atoms with Crippen LogP contribution in [0.25, 0.3) is 0 Å². The molecule has 3 rings (SSSR count). The van der Waals surface area contributed by atoms with E-state index in [-0.39, 0.29) is 18.1 Å². The van der Waals surface area contributed by atoms with Crippen LogP contribution in [0, 0.1) is 33.5 Å². The van der Waals surface area contributed by atoms with Crippen LogP contribution in [0.15, 0.2) is 40.9 Å². The normalized spacial score (nSPS) is 10.7. The van der Waals surface area contributed by atoms with Crippen molar-refractivity contribution < 1.29 is 18.4 Å². The van der Waals surface area contributed by atoms with Gasteiger partial charge in [-0.15, -0.1) is 0 Å². The van der Waals surface area contributed by atoms with Crippen LogP contribution >= 0.6 is 0 Å². The summed E-state index contributed by atoms with van der Waals surface area (Å²) in [7, 11) is 0. The van der Waals surface area contributed by atoms with Gasteiger partial charge in [0.2, 0.25) is 0 Å². The Labute approximate surface area is 157 Å². The number of anilines is 1. The van der Waals surface area contributed by atoms with Crippen LogP contribution < -0.4 is 10.1 Å². The van der Waals surface area contributed by atoms with Gasteiger partial charge in [-0.2, -0.15) is 0 Å². The van der Waals surface area contributed by atoms with E-state index < -0.39 is 5.91 Å². The zero-order chi connectivity index (χ0) is 19.6. The van der Waals surface area contributed by atoms with Crippen molar-refractivity contribution in [1.29, 1.82) is 0 Å². The van der Waals surface area contributed by atoms with Crippen molar-refractivity contribution in [2.24, 2.45) is 0 Å². The number of hydrogen-bond acceptors (Lipinski definition) is 4. The minimum absolute atomic E-state index is 0.124. The minimum Gasteiger partial charge on any atom is -0.488 e. The van der Waals surface area contributed by atoms with Gasteiger partial charge in [0, 0.05) is 5.69 Å². The number of amides is 1. The van der Waals surface area contributed by atoms with E-state index >= 15 is 0 Å². The molecule has 6 heteroatoms. The fraction of sp³-hybridized carbons (Fsp3) is 0.238. The third kappa shape index (κ3) is 4.16. The molecule has 27 heavy (non-hydrogen) atoms. The lowest BCUT2D eigenvalue weighted by molar-refractivity contribution is 0.101. The van der Waals surface area contributed by atoms with Crippen LogP contribution in [0.4, 0.5) is 10.1 Å². The number of aryl methyl sites for hydroxylation is 4. The third-order valence-electron chi connectivity index (χ3n) is 4.35. The molecule has 0 radical (unpaired) electrons. The summed E-state index contributed by atoms with van der Waals surface area (Å²) in [6.45, 7) is 7.46. The number of nitrogens with one attached hydrogen (secondary N) is 1. The van der Waals surface area contributed by atoms with Gasteiger partial charge in [0.15, 0.2) is 5.69 Å². The van der Waals surface area contributed by atoms with Gasteiger partial charge < -0.3 is 14.6 Å². The molecule has 1 N–H and O–H groups in total. The summed E-state index contributed by atoms with van der Waals surface area (Å²) < 4.78 is 24.7. The van der Waals surface area contributed by atoms with Gasteiger partial charge >= 0.3 is 0 Å². The van der Waals surface area contributed by atoms with Crippen molar-refractivity contribution in [2.45, 2.75) is 34.3 Å². The first-order chi connectivity index (χ1) is 12.8. The van der Waals surface area contributed by atoms with E-state index in [4.69, 9.17) is 9.26 Å². The Bertz CT molecular complexity index is 995. The molecule has 0 atom stereocenters. The molecule has 0 unspecified atom stereocenters. The first kappa shape index (κ1) is 18.6. The molecule has 0 saturated carbocycles. The Morgan fingerprint density at radius 3 is 2.59 bits per heavy atom. The first-order valence-electron chi connectivity index (χ1n) is 8.58. The number of carbonyl (C=O) groups is 1. The molecule has 3 aromatic rings. The van der Waals surface area contributed by atoms with Crippen molar-refractivity contribution in [1.82, 2.24) is 5.16 Å². The molecule has 140 valence electrons. The molecule has 1 heterocycles. The number of carbonyl (C=O) groups excluding carboxylic acids is 1. The van der Waals surface area contributed by atoms with Gasteiger partial charge in [-0.3, -0.25) is 4.79 Å².